The first-order valence-electron chi connectivity index (χ1n) is 7.73. The van der Waals surface area contributed by atoms with Crippen LogP contribution in [-0.2, 0) is 14.4 Å². The standard InChI is InChI=1S/C15H26N2O4/c1-3-6-12(15(20)21)9-16-14(19)13(17-10(2)18)11-7-4-5-8-11/h11-13H,3-9H2,1-2H3,(H,16,19)(H,17,18)(H,20,21). The van der Waals surface area contributed by atoms with Crippen molar-refractivity contribution in [2.24, 2.45) is 11.8 Å². The summed E-state index contributed by atoms with van der Waals surface area (Å²) in [7, 11) is 0. The first-order valence-corrected chi connectivity index (χ1v) is 7.73. The summed E-state index contributed by atoms with van der Waals surface area (Å²) in [5.74, 6) is -1.80. The van der Waals surface area contributed by atoms with E-state index in [0.717, 1.165) is 32.1 Å². The van der Waals surface area contributed by atoms with E-state index in [1.165, 1.54) is 6.92 Å². The zero-order chi connectivity index (χ0) is 15.8. The van der Waals surface area contributed by atoms with Crippen molar-refractivity contribution in [3.63, 3.8) is 0 Å². The third-order valence-corrected chi connectivity index (χ3v) is 4.02. The van der Waals surface area contributed by atoms with Gasteiger partial charge in [-0.2, -0.15) is 0 Å². The SMILES string of the molecule is CCCC(CNC(=O)C(NC(C)=O)C1CCCC1)C(=O)O. The third kappa shape index (κ3) is 5.73. The molecule has 0 aromatic rings. The number of carbonyl (C=O) groups excluding carboxylic acids is 2. The van der Waals surface area contributed by atoms with E-state index in [4.69, 9.17) is 5.11 Å². The number of rotatable bonds is 8. The maximum absolute atomic E-state index is 12.3. The number of nitrogens with one attached hydrogen (secondary N) is 2. The Morgan fingerprint density at radius 3 is 2.33 bits per heavy atom. The summed E-state index contributed by atoms with van der Waals surface area (Å²) in [6.07, 6.45) is 5.28. The summed E-state index contributed by atoms with van der Waals surface area (Å²) in [5.41, 5.74) is 0. The molecule has 6 heteroatoms. The van der Waals surface area contributed by atoms with Gasteiger partial charge in [0.25, 0.3) is 0 Å². The van der Waals surface area contributed by atoms with Crippen molar-refractivity contribution in [3.8, 4) is 0 Å². The van der Waals surface area contributed by atoms with Crippen molar-refractivity contribution < 1.29 is 19.5 Å². The minimum absolute atomic E-state index is 0.116. The lowest BCUT2D eigenvalue weighted by molar-refractivity contribution is -0.142. The van der Waals surface area contributed by atoms with Crippen LogP contribution in [0.2, 0.25) is 0 Å². The van der Waals surface area contributed by atoms with E-state index in [2.05, 4.69) is 10.6 Å². The predicted molar refractivity (Wildman–Crippen MR) is 78.6 cm³/mol. The molecule has 1 aliphatic carbocycles. The topological polar surface area (TPSA) is 95.5 Å². The number of hydrogen-bond acceptors (Lipinski definition) is 3. The van der Waals surface area contributed by atoms with Crippen LogP contribution in [0.4, 0.5) is 0 Å². The fraction of sp³-hybridized carbons (Fsp3) is 0.800. The molecule has 0 aromatic carbocycles. The van der Waals surface area contributed by atoms with Crippen LogP contribution in [0.15, 0.2) is 0 Å². The highest BCUT2D eigenvalue weighted by Crippen LogP contribution is 2.27. The van der Waals surface area contributed by atoms with Gasteiger partial charge in [-0.25, -0.2) is 0 Å². The highest BCUT2D eigenvalue weighted by molar-refractivity contribution is 5.87. The van der Waals surface area contributed by atoms with Gasteiger partial charge in [-0.05, 0) is 25.2 Å². The Balaban J connectivity index is 2.58. The molecule has 6 nitrogen and oxygen atoms in total. The van der Waals surface area contributed by atoms with Crippen LogP contribution in [0.5, 0.6) is 0 Å². The van der Waals surface area contributed by atoms with Gasteiger partial charge in [0.15, 0.2) is 0 Å². The van der Waals surface area contributed by atoms with E-state index >= 15 is 0 Å². The number of carbonyl (C=O) groups is 3. The molecule has 2 amide bonds. The number of carboxylic acid groups (broad SMARTS) is 1. The van der Waals surface area contributed by atoms with Gasteiger partial charge in [0, 0.05) is 13.5 Å². The van der Waals surface area contributed by atoms with Gasteiger partial charge in [0.2, 0.25) is 11.8 Å². The van der Waals surface area contributed by atoms with E-state index in [9.17, 15) is 14.4 Å². The number of amides is 2. The van der Waals surface area contributed by atoms with Crippen molar-refractivity contribution in [2.45, 2.75) is 58.4 Å². The second-order valence-corrected chi connectivity index (χ2v) is 5.79. The zero-order valence-corrected chi connectivity index (χ0v) is 12.9. The van der Waals surface area contributed by atoms with Crippen LogP contribution in [0.1, 0.15) is 52.4 Å². The van der Waals surface area contributed by atoms with E-state index in [-0.39, 0.29) is 24.3 Å². The van der Waals surface area contributed by atoms with Crippen LogP contribution in [0.3, 0.4) is 0 Å². The van der Waals surface area contributed by atoms with E-state index in [1.54, 1.807) is 0 Å². The molecule has 120 valence electrons. The monoisotopic (exact) mass is 298 g/mol. The van der Waals surface area contributed by atoms with Crippen LogP contribution < -0.4 is 10.6 Å². The smallest absolute Gasteiger partial charge is 0.308 e. The summed E-state index contributed by atoms with van der Waals surface area (Å²) in [4.78, 5) is 34.6. The van der Waals surface area contributed by atoms with Gasteiger partial charge in [-0.3, -0.25) is 14.4 Å². The van der Waals surface area contributed by atoms with Crippen LogP contribution in [0.25, 0.3) is 0 Å². The Kier molecular flexibility index (Phi) is 7.19. The molecular weight excluding hydrogens is 272 g/mol. The molecule has 1 aliphatic rings. The zero-order valence-electron chi connectivity index (χ0n) is 12.9. The first kappa shape index (κ1) is 17.5. The van der Waals surface area contributed by atoms with Gasteiger partial charge in [-0.15, -0.1) is 0 Å². The van der Waals surface area contributed by atoms with E-state index in [1.807, 2.05) is 6.92 Å². The Morgan fingerprint density at radius 2 is 1.86 bits per heavy atom. The van der Waals surface area contributed by atoms with Gasteiger partial charge in [-0.1, -0.05) is 26.2 Å². The van der Waals surface area contributed by atoms with Crippen LogP contribution in [0, 0.1) is 11.8 Å². The maximum Gasteiger partial charge on any atom is 0.308 e. The molecule has 0 bridgehead atoms. The highest BCUT2D eigenvalue weighted by Gasteiger charge is 2.31. The fourth-order valence-corrected chi connectivity index (χ4v) is 2.90. The van der Waals surface area contributed by atoms with E-state index < -0.39 is 17.9 Å². The van der Waals surface area contributed by atoms with Crippen molar-refractivity contribution in [1.82, 2.24) is 10.6 Å². The molecule has 0 aliphatic heterocycles. The van der Waals surface area contributed by atoms with Gasteiger partial charge >= 0.3 is 5.97 Å². The van der Waals surface area contributed by atoms with Gasteiger partial charge in [0.1, 0.15) is 6.04 Å². The first-order chi connectivity index (χ1) is 9.95. The average molecular weight is 298 g/mol. The van der Waals surface area contributed by atoms with Crippen LogP contribution >= 0.6 is 0 Å². The molecule has 2 atom stereocenters. The van der Waals surface area contributed by atoms with Crippen LogP contribution in [-0.4, -0.2) is 35.5 Å². The molecule has 2 unspecified atom stereocenters. The lowest BCUT2D eigenvalue weighted by Gasteiger charge is -2.24. The van der Waals surface area contributed by atoms with Gasteiger partial charge < -0.3 is 15.7 Å². The fourth-order valence-electron chi connectivity index (χ4n) is 2.90. The Labute approximate surface area is 125 Å². The minimum atomic E-state index is -0.894. The van der Waals surface area contributed by atoms with Crippen molar-refractivity contribution >= 4 is 17.8 Å². The summed E-state index contributed by atoms with van der Waals surface area (Å²) in [5, 5.41) is 14.5. The summed E-state index contributed by atoms with van der Waals surface area (Å²) < 4.78 is 0. The third-order valence-electron chi connectivity index (χ3n) is 4.02. The number of carboxylic acids is 1. The van der Waals surface area contributed by atoms with Crippen molar-refractivity contribution in [1.29, 1.82) is 0 Å². The second-order valence-electron chi connectivity index (χ2n) is 5.79. The molecule has 1 rings (SSSR count). The van der Waals surface area contributed by atoms with Gasteiger partial charge in [0.05, 0.1) is 5.92 Å². The quantitative estimate of drug-likeness (QED) is 0.629. The lowest BCUT2D eigenvalue weighted by atomic mass is 9.96. The molecule has 0 spiro atoms. The van der Waals surface area contributed by atoms with Crippen molar-refractivity contribution in [2.75, 3.05) is 6.54 Å². The largest absolute Gasteiger partial charge is 0.481 e. The molecular formula is C15H26N2O4. The molecule has 21 heavy (non-hydrogen) atoms. The highest BCUT2D eigenvalue weighted by atomic mass is 16.4. The Morgan fingerprint density at radius 1 is 1.24 bits per heavy atom. The molecule has 0 saturated heterocycles. The molecule has 3 N–H and O–H groups in total. The van der Waals surface area contributed by atoms with E-state index in [0.29, 0.717) is 6.42 Å². The number of hydrogen-bond donors (Lipinski definition) is 3. The molecule has 0 heterocycles. The summed E-state index contributed by atoms with van der Waals surface area (Å²) >= 11 is 0. The summed E-state index contributed by atoms with van der Waals surface area (Å²) in [6.45, 7) is 3.42. The normalized spacial score (nSPS) is 18.0. The van der Waals surface area contributed by atoms with Crippen molar-refractivity contribution in [3.05, 3.63) is 0 Å². The number of aliphatic carboxylic acids is 1. The Bertz CT molecular complexity index is 378. The molecule has 0 aromatic heterocycles. The molecule has 0 radical (unpaired) electrons. The summed E-state index contributed by atoms with van der Waals surface area (Å²) in [6, 6.07) is -0.541. The maximum atomic E-state index is 12.3. The molecule has 1 saturated carbocycles. The predicted octanol–water partition coefficient (Wildman–Crippen LogP) is 1.30. The Hall–Kier alpha value is -1.59. The lowest BCUT2D eigenvalue weighted by Crippen LogP contribution is -2.51. The second kappa shape index (κ2) is 8.64. The molecule has 1 fully saturated rings. The minimum Gasteiger partial charge on any atom is -0.481 e. The average Bonchev–Trinajstić information content (AvgIpc) is 2.93.